The molecule has 0 saturated heterocycles. The largest absolute Gasteiger partial charge is 0.389 e. The van der Waals surface area contributed by atoms with Gasteiger partial charge in [-0.05, 0) is 31.6 Å². The molecule has 0 aromatic heterocycles. The summed E-state index contributed by atoms with van der Waals surface area (Å²) >= 11 is 0. The summed E-state index contributed by atoms with van der Waals surface area (Å²) in [7, 11) is 0. The monoisotopic (exact) mass is 184 g/mol. The van der Waals surface area contributed by atoms with Crippen LogP contribution in [-0.4, -0.2) is 11.2 Å². The summed E-state index contributed by atoms with van der Waals surface area (Å²) in [5.41, 5.74) is 1.40. The van der Waals surface area contributed by atoms with Gasteiger partial charge in [0.2, 0.25) is 0 Å². The molecule has 1 nitrogen and oxygen atoms in total. The first-order valence-electron chi connectivity index (χ1n) is 5.29. The number of hydrogen-bond donors (Lipinski definition) is 1. The van der Waals surface area contributed by atoms with Crippen molar-refractivity contribution in [2.75, 3.05) is 0 Å². The van der Waals surface area contributed by atoms with Gasteiger partial charge in [-0.25, -0.2) is 0 Å². The Morgan fingerprint density at radius 1 is 1.00 bits per heavy atom. The van der Waals surface area contributed by atoms with Gasteiger partial charge in [-0.2, -0.15) is 0 Å². The van der Waals surface area contributed by atoms with Crippen molar-refractivity contribution in [3.05, 3.63) is 11.6 Å². The van der Waals surface area contributed by atoms with Crippen molar-refractivity contribution in [1.29, 1.82) is 0 Å². The molecule has 0 saturated carbocycles. The molecule has 0 aliphatic rings. The molecule has 1 unspecified atom stereocenters. The average Bonchev–Trinajstić information content (AvgIpc) is 1.80. The number of allylic oxidation sites excluding steroid dienone is 1. The van der Waals surface area contributed by atoms with Crippen LogP contribution in [0.2, 0.25) is 0 Å². The topological polar surface area (TPSA) is 20.2 Å². The Bertz CT molecular complexity index is 143. The first-order valence-corrected chi connectivity index (χ1v) is 5.29. The van der Waals surface area contributed by atoms with Crippen LogP contribution in [0.5, 0.6) is 0 Å². The van der Waals surface area contributed by atoms with Crippen molar-refractivity contribution in [2.45, 2.75) is 53.6 Å². The van der Waals surface area contributed by atoms with Crippen molar-refractivity contribution in [1.82, 2.24) is 0 Å². The van der Waals surface area contributed by atoms with E-state index in [-0.39, 0.29) is 6.10 Å². The Hall–Kier alpha value is -0.300. The zero-order chi connectivity index (χ0) is 10.4. The zero-order valence-corrected chi connectivity index (χ0v) is 9.67. The summed E-state index contributed by atoms with van der Waals surface area (Å²) in [6, 6.07) is 0. The number of hydrogen-bond acceptors (Lipinski definition) is 1. The van der Waals surface area contributed by atoms with Crippen LogP contribution >= 0.6 is 0 Å². The van der Waals surface area contributed by atoms with Crippen LogP contribution in [0.25, 0.3) is 0 Å². The summed E-state index contributed by atoms with van der Waals surface area (Å²) in [5, 5.41) is 9.27. The minimum absolute atomic E-state index is 0.299. The fraction of sp³-hybridized carbons (Fsp3) is 0.833. The highest BCUT2D eigenvalue weighted by atomic mass is 16.3. The molecular weight excluding hydrogens is 160 g/mol. The van der Waals surface area contributed by atoms with Gasteiger partial charge in [-0.1, -0.05) is 39.3 Å². The summed E-state index contributed by atoms with van der Waals surface area (Å²) in [4.78, 5) is 0. The molecule has 1 heteroatoms. The summed E-state index contributed by atoms with van der Waals surface area (Å²) in [5.74, 6) is 1.37. The van der Waals surface area contributed by atoms with Crippen LogP contribution in [0.3, 0.4) is 0 Å². The van der Waals surface area contributed by atoms with Gasteiger partial charge >= 0.3 is 0 Å². The zero-order valence-electron chi connectivity index (χ0n) is 9.67. The fourth-order valence-corrected chi connectivity index (χ4v) is 1.61. The molecule has 1 atom stereocenters. The highest BCUT2D eigenvalue weighted by Gasteiger charge is 2.05. The third kappa shape index (κ3) is 8.04. The van der Waals surface area contributed by atoms with Crippen LogP contribution in [0.4, 0.5) is 0 Å². The Balaban J connectivity index is 4.19. The van der Waals surface area contributed by atoms with Gasteiger partial charge in [0.05, 0.1) is 6.10 Å². The van der Waals surface area contributed by atoms with Crippen LogP contribution in [0.1, 0.15) is 47.5 Å². The number of aliphatic hydroxyl groups is 1. The highest BCUT2D eigenvalue weighted by molar-refractivity contribution is 5.05. The van der Waals surface area contributed by atoms with Gasteiger partial charge in [-0.15, -0.1) is 0 Å². The van der Waals surface area contributed by atoms with E-state index >= 15 is 0 Å². The molecule has 0 aromatic carbocycles. The second-order valence-electron chi connectivity index (χ2n) is 4.76. The third-order valence-electron chi connectivity index (χ3n) is 1.82. The van der Waals surface area contributed by atoms with E-state index < -0.39 is 0 Å². The van der Waals surface area contributed by atoms with Gasteiger partial charge in [0.25, 0.3) is 0 Å². The average molecular weight is 184 g/mol. The smallest absolute Gasteiger partial charge is 0.0695 e. The molecule has 0 aliphatic carbocycles. The Labute approximate surface area is 82.9 Å². The SMILES string of the molecule is CC(O)C=C(CC(C)C)CC(C)C. The molecule has 0 rings (SSSR count). The molecule has 0 fully saturated rings. The van der Waals surface area contributed by atoms with E-state index in [1.165, 1.54) is 5.57 Å². The number of rotatable bonds is 5. The first kappa shape index (κ1) is 12.7. The van der Waals surface area contributed by atoms with Crippen molar-refractivity contribution in [3.63, 3.8) is 0 Å². The van der Waals surface area contributed by atoms with E-state index in [4.69, 9.17) is 0 Å². The second-order valence-corrected chi connectivity index (χ2v) is 4.76. The Morgan fingerprint density at radius 3 is 1.62 bits per heavy atom. The lowest BCUT2D eigenvalue weighted by atomic mass is 9.94. The lowest BCUT2D eigenvalue weighted by Crippen LogP contribution is -2.02. The maximum Gasteiger partial charge on any atom is 0.0695 e. The molecule has 0 amide bonds. The van der Waals surface area contributed by atoms with Gasteiger partial charge in [0.1, 0.15) is 0 Å². The first-order chi connectivity index (χ1) is 5.91. The van der Waals surface area contributed by atoms with E-state index in [9.17, 15) is 5.11 Å². The number of aliphatic hydroxyl groups excluding tert-OH is 1. The molecule has 0 aliphatic heterocycles. The minimum Gasteiger partial charge on any atom is -0.389 e. The standard InChI is InChI=1S/C12H24O/c1-9(2)6-12(7-10(3)4)8-11(5)13/h8-11,13H,6-7H2,1-5H3. The van der Waals surface area contributed by atoms with Crippen molar-refractivity contribution in [3.8, 4) is 0 Å². The summed E-state index contributed by atoms with van der Waals surface area (Å²) in [6.07, 6.45) is 3.93. The quantitative estimate of drug-likeness (QED) is 0.649. The highest BCUT2D eigenvalue weighted by Crippen LogP contribution is 2.19. The molecule has 0 radical (unpaired) electrons. The molecular formula is C12H24O. The van der Waals surface area contributed by atoms with Crippen molar-refractivity contribution < 1.29 is 5.11 Å². The Morgan fingerprint density at radius 2 is 1.38 bits per heavy atom. The fourth-order valence-electron chi connectivity index (χ4n) is 1.61. The predicted octanol–water partition coefficient (Wildman–Crippen LogP) is 3.39. The van der Waals surface area contributed by atoms with Crippen LogP contribution < -0.4 is 0 Å². The maximum atomic E-state index is 9.27. The van der Waals surface area contributed by atoms with Gasteiger partial charge in [-0.3, -0.25) is 0 Å². The van der Waals surface area contributed by atoms with Gasteiger partial charge < -0.3 is 5.11 Å². The van der Waals surface area contributed by atoms with Crippen LogP contribution in [0.15, 0.2) is 11.6 Å². The molecule has 0 heterocycles. The van der Waals surface area contributed by atoms with E-state index in [1.807, 2.05) is 13.0 Å². The molecule has 13 heavy (non-hydrogen) atoms. The normalized spacial score (nSPS) is 13.5. The molecule has 0 aromatic rings. The molecule has 78 valence electrons. The second kappa shape index (κ2) is 6.20. The lowest BCUT2D eigenvalue weighted by Gasteiger charge is -2.13. The predicted molar refractivity (Wildman–Crippen MR) is 58.7 cm³/mol. The van der Waals surface area contributed by atoms with E-state index in [2.05, 4.69) is 27.7 Å². The van der Waals surface area contributed by atoms with E-state index in [0.29, 0.717) is 11.8 Å². The van der Waals surface area contributed by atoms with Crippen molar-refractivity contribution in [2.24, 2.45) is 11.8 Å². The Kier molecular flexibility index (Phi) is 6.06. The summed E-state index contributed by atoms with van der Waals surface area (Å²) < 4.78 is 0. The molecule has 0 bridgehead atoms. The molecule has 0 spiro atoms. The third-order valence-corrected chi connectivity index (χ3v) is 1.82. The lowest BCUT2D eigenvalue weighted by molar-refractivity contribution is 0.242. The minimum atomic E-state index is -0.299. The van der Waals surface area contributed by atoms with Gasteiger partial charge in [0.15, 0.2) is 0 Å². The van der Waals surface area contributed by atoms with Crippen molar-refractivity contribution >= 4 is 0 Å². The molecule has 1 N–H and O–H groups in total. The van der Waals surface area contributed by atoms with Gasteiger partial charge in [0, 0.05) is 0 Å². The van der Waals surface area contributed by atoms with E-state index in [1.54, 1.807) is 0 Å². The maximum absolute atomic E-state index is 9.27. The summed E-state index contributed by atoms with van der Waals surface area (Å²) in [6.45, 7) is 10.7. The van der Waals surface area contributed by atoms with Crippen LogP contribution in [-0.2, 0) is 0 Å². The van der Waals surface area contributed by atoms with E-state index in [0.717, 1.165) is 12.8 Å². The van der Waals surface area contributed by atoms with Crippen LogP contribution in [0, 0.1) is 11.8 Å².